The van der Waals surface area contributed by atoms with E-state index in [9.17, 15) is 9.59 Å². The van der Waals surface area contributed by atoms with Crippen LogP contribution in [-0.2, 0) is 23.7 Å². The van der Waals surface area contributed by atoms with Gasteiger partial charge in [0.25, 0.3) is 0 Å². The summed E-state index contributed by atoms with van der Waals surface area (Å²) < 4.78 is 21.3. The van der Waals surface area contributed by atoms with Crippen molar-refractivity contribution in [3.8, 4) is 0 Å². The molecule has 2 atom stereocenters. The smallest absolute Gasteiger partial charge is 0.408 e. The monoisotopic (exact) mass is 345 g/mol. The molecule has 1 saturated heterocycles. The Bertz CT molecular complexity index is 398. The first-order chi connectivity index (χ1) is 11.2. The van der Waals surface area contributed by atoms with Crippen molar-refractivity contribution in [3.63, 3.8) is 0 Å². The Morgan fingerprint density at radius 2 is 1.92 bits per heavy atom. The Morgan fingerprint density at radius 1 is 1.21 bits per heavy atom. The number of rotatable bonds is 7. The maximum Gasteiger partial charge on any atom is 0.408 e. The van der Waals surface area contributed by atoms with Crippen LogP contribution >= 0.6 is 0 Å². The van der Waals surface area contributed by atoms with Crippen LogP contribution in [0.3, 0.4) is 0 Å². The number of alkyl carbamates (subject to hydrolysis) is 1. The van der Waals surface area contributed by atoms with Crippen molar-refractivity contribution in [2.75, 3.05) is 19.8 Å². The van der Waals surface area contributed by atoms with E-state index in [1.54, 1.807) is 20.8 Å². The van der Waals surface area contributed by atoms with Crippen LogP contribution < -0.4 is 5.32 Å². The van der Waals surface area contributed by atoms with Gasteiger partial charge in [0.15, 0.2) is 6.29 Å². The van der Waals surface area contributed by atoms with Crippen molar-refractivity contribution in [1.29, 1.82) is 0 Å². The molecule has 0 radical (unpaired) electrons. The summed E-state index contributed by atoms with van der Waals surface area (Å²) in [4.78, 5) is 24.0. The second-order valence-corrected chi connectivity index (χ2v) is 7.20. The number of carbonyl (C=O) groups is 2. The van der Waals surface area contributed by atoms with Crippen molar-refractivity contribution >= 4 is 12.1 Å². The molecule has 1 aliphatic heterocycles. The topological polar surface area (TPSA) is 83.1 Å². The van der Waals surface area contributed by atoms with Gasteiger partial charge in [-0.3, -0.25) is 0 Å². The molecule has 0 bridgehead atoms. The van der Waals surface area contributed by atoms with E-state index in [-0.39, 0.29) is 25.4 Å². The van der Waals surface area contributed by atoms with Gasteiger partial charge in [0.1, 0.15) is 18.2 Å². The molecule has 7 heteroatoms. The largest absolute Gasteiger partial charge is 0.462 e. The molecule has 1 N–H and O–H groups in total. The zero-order valence-electron chi connectivity index (χ0n) is 15.4. The molecule has 1 aliphatic rings. The Kier molecular flexibility index (Phi) is 8.48. The number of carbonyl (C=O) groups excluding carboxylic acids is 2. The van der Waals surface area contributed by atoms with Crippen molar-refractivity contribution in [3.05, 3.63) is 0 Å². The molecule has 0 spiro atoms. The molecule has 1 heterocycles. The molecule has 0 aliphatic carbocycles. The van der Waals surface area contributed by atoms with Gasteiger partial charge in [-0.2, -0.15) is 0 Å². The first-order valence-electron chi connectivity index (χ1n) is 8.58. The molecule has 0 saturated carbocycles. The second-order valence-electron chi connectivity index (χ2n) is 7.20. The van der Waals surface area contributed by atoms with E-state index in [0.29, 0.717) is 6.61 Å². The second kappa shape index (κ2) is 9.84. The number of hydrogen-bond donors (Lipinski definition) is 1. The third kappa shape index (κ3) is 8.49. The molecule has 2 unspecified atom stereocenters. The highest BCUT2D eigenvalue weighted by atomic mass is 16.7. The third-order valence-corrected chi connectivity index (χ3v) is 3.36. The van der Waals surface area contributed by atoms with Gasteiger partial charge in [-0.1, -0.05) is 13.8 Å². The lowest BCUT2D eigenvalue weighted by atomic mass is 10.1. The number of nitrogens with one attached hydrogen (secondary N) is 1. The predicted octanol–water partition coefficient (Wildman–Crippen LogP) is 2.62. The van der Waals surface area contributed by atoms with Crippen LogP contribution in [0.2, 0.25) is 0 Å². The lowest BCUT2D eigenvalue weighted by Gasteiger charge is -2.25. The van der Waals surface area contributed by atoms with E-state index in [4.69, 9.17) is 18.9 Å². The molecular weight excluding hydrogens is 314 g/mol. The summed E-state index contributed by atoms with van der Waals surface area (Å²) in [6, 6.07) is -0.759. The minimum absolute atomic E-state index is 0.118. The van der Waals surface area contributed by atoms with Crippen molar-refractivity contribution in [2.45, 2.75) is 71.8 Å². The minimum atomic E-state index is -0.759. The van der Waals surface area contributed by atoms with Crippen molar-refractivity contribution in [1.82, 2.24) is 5.32 Å². The highest BCUT2D eigenvalue weighted by Gasteiger charge is 2.28. The summed E-state index contributed by atoms with van der Waals surface area (Å²) in [6.45, 7) is 10.1. The third-order valence-electron chi connectivity index (χ3n) is 3.36. The van der Waals surface area contributed by atoms with Crippen LogP contribution in [0, 0.1) is 5.92 Å². The average molecular weight is 345 g/mol. The molecule has 0 aromatic heterocycles. The number of hydrogen-bond acceptors (Lipinski definition) is 6. The zero-order chi connectivity index (χ0) is 18.2. The first-order valence-corrected chi connectivity index (χ1v) is 8.58. The fourth-order valence-corrected chi connectivity index (χ4v) is 2.19. The fraction of sp³-hybridized carbons (Fsp3) is 0.882. The van der Waals surface area contributed by atoms with Crippen LogP contribution in [0.1, 0.15) is 53.9 Å². The molecule has 1 rings (SSSR count). The van der Waals surface area contributed by atoms with Crippen LogP contribution in [-0.4, -0.2) is 49.8 Å². The van der Waals surface area contributed by atoms with Gasteiger partial charge in [0, 0.05) is 6.61 Å². The van der Waals surface area contributed by atoms with E-state index in [1.165, 1.54) is 0 Å². The lowest BCUT2D eigenvalue weighted by Crippen LogP contribution is -2.47. The molecule has 1 amide bonds. The molecule has 7 nitrogen and oxygen atoms in total. The first kappa shape index (κ1) is 20.7. The highest BCUT2D eigenvalue weighted by molar-refractivity contribution is 5.81. The molecule has 0 aromatic rings. The van der Waals surface area contributed by atoms with Gasteiger partial charge < -0.3 is 24.3 Å². The number of esters is 1. The molecule has 140 valence electrons. The summed E-state index contributed by atoms with van der Waals surface area (Å²) >= 11 is 0. The standard InChI is InChI=1S/C17H31NO6/c1-12(2)14(18-16(20)24-17(3,4)5)15(19)23-11-10-22-13-8-6-7-9-21-13/h12-14H,6-11H2,1-5H3,(H,18,20). The summed E-state index contributed by atoms with van der Waals surface area (Å²) in [5.74, 6) is -0.614. The summed E-state index contributed by atoms with van der Waals surface area (Å²) in [7, 11) is 0. The average Bonchev–Trinajstić information content (AvgIpc) is 2.48. The molecule has 24 heavy (non-hydrogen) atoms. The Hall–Kier alpha value is -1.34. The van der Waals surface area contributed by atoms with E-state index >= 15 is 0 Å². The summed E-state index contributed by atoms with van der Waals surface area (Å²) in [5, 5.41) is 2.56. The fourth-order valence-electron chi connectivity index (χ4n) is 2.19. The quantitative estimate of drug-likeness (QED) is 0.564. The minimum Gasteiger partial charge on any atom is -0.462 e. The van der Waals surface area contributed by atoms with Crippen LogP contribution in [0.5, 0.6) is 0 Å². The molecular formula is C17H31NO6. The molecule has 0 aromatic carbocycles. The van der Waals surface area contributed by atoms with E-state index in [2.05, 4.69) is 5.32 Å². The maximum absolute atomic E-state index is 12.2. The van der Waals surface area contributed by atoms with Gasteiger partial charge >= 0.3 is 12.1 Å². The van der Waals surface area contributed by atoms with Gasteiger partial charge in [-0.15, -0.1) is 0 Å². The normalized spacial score (nSPS) is 19.7. The number of amides is 1. The lowest BCUT2D eigenvalue weighted by molar-refractivity contribution is -0.174. The van der Waals surface area contributed by atoms with Crippen LogP contribution in [0.4, 0.5) is 4.79 Å². The van der Waals surface area contributed by atoms with E-state index in [1.807, 2.05) is 13.8 Å². The van der Waals surface area contributed by atoms with Gasteiger partial charge in [0.2, 0.25) is 0 Å². The molecule has 1 fully saturated rings. The maximum atomic E-state index is 12.2. The van der Waals surface area contributed by atoms with Crippen molar-refractivity contribution in [2.24, 2.45) is 5.92 Å². The van der Waals surface area contributed by atoms with Crippen molar-refractivity contribution < 1.29 is 28.5 Å². The Labute approximate surface area is 144 Å². The predicted molar refractivity (Wildman–Crippen MR) is 88.5 cm³/mol. The van der Waals surface area contributed by atoms with Crippen LogP contribution in [0.15, 0.2) is 0 Å². The number of ether oxygens (including phenoxy) is 4. The summed E-state index contributed by atoms with van der Waals surface area (Å²) in [6.07, 6.45) is 2.16. The van der Waals surface area contributed by atoms with Crippen LogP contribution in [0.25, 0.3) is 0 Å². The van der Waals surface area contributed by atoms with Gasteiger partial charge in [-0.05, 0) is 46.0 Å². The van der Waals surface area contributed by atoms with E-state index < -0.39 is 23.7 Å². The summed E-state index contributed by atoms with van der Waals surface area (Å²) in [5.41, 5.74) is -0.622. The van der Waals surface area contributed by atoms with E-state index in [0.717, 1.165) is 19.3 Å². The SMILES string of the molecule is CC(C)C(NC(=O)OC(C)(C)C)C(=O)OCCOC1CCCCO1. The zero-order valence-corrected chi connectivity index (χ0v) is 15.4. The van der Waals surface area contributed by atoms with Gasteiger partial charge in [0.05, 0.1) is 6.61 Å². The Balaban J connectivity index is 2.33. The highest BCUT2D eigenvalue weighted by Crippen LogP contribution is 2.13. The van der Waals surface area contributed by atoms with Gasteiger partial charge in [-0.25, -0.2) is 9.59 Å². The Morgan fingerprint density at radius 3 is 2.46 bits per heavy atom.